The lowest BCUT2D eigenvalue weighted by Crippen LogP contribution is -2.32. The Morgan fingerprint density at radius 3 is 2.63 bits per heavy atom. The smallest absolute Gasteiger partial charge is 0.262 e. The molecule has 1 atom stereocenters. The fourth-order valence-corrected chi connectivity index (χ4v) is 3.25. The summed E-state index contributed by atoms with van der Waals surface area (Å²) < 4.78 is 5.50. The van der Waals surface area contributed by atoms with Crippen molar-refractivity contribution in [2.24, 2.45) is 5.92 Å². The van der Waals surface area contributed by atoms with Crippen LogP contribution in [-0.2, 0) is 14.4 Å². The van der Waals surface area contributed by atoms with Crippen LogP contribution >= 0.6 is 11.6 Å². The van der Waals surface area contributed by atoms with Gasteiger partial charge in [0.2, 0.25) is 11.8 Å². The molecule has 1 fully saturated rings. The van der Waals surface area contributed by atoms with E-state index in [1.807, 2.05) is 0 Å². The van der Waals surface area contributed by atoms with Crippen molar-refractivity contribution in [3.63, 3.8) is 0 Å². The van der Waals surface area contributed by atoms with Crippen LogP contribution in [0.15, 0.2) is 61.2 Å². The minimum Gasteiger partial charge on any atom is -0.484 e. The highest BCUT2D eigenvalue weighted by Crippen LogP contribution is 2.27. The SMILES string of the molecule is C=CCNC(=O)[C@H]1CC(=O)N(c2ccc(OCC(=O)Nc3ccccc3Cl)cc2)C1. The first-order valence-corrected chi connectivity index (χ1v) is 9.82. The van der Waals surface area contributed by atoms with E-state index in [4.69, 9.17) is 16.3 Å². The molecular formula is C22H22ClN3O4. The number of hydrogen-bond acceptors (Lipinski definition) is 4. The second kappa shape index (κ2) is 9.93. The number of amides is 3. The quantitative estimate of drug-likeness (QED) is 0.634. The first kappa shape index (κ1) is 21.4. The van der Waals surface area contributed by atoms with Crippen LogP contribution in [0.25, 0.3) is 0 Å². The van der Waals surface area contributed by atoms with Crippen LogP contribution in [0.2, 0.25) is 5.02 Å². The van der Waals surface area contributed by atoms with Crippen LogP contribution in [0.4, 0.5) is 11.4 Å². The average Bonchev–Trinajstić information content (AvgIpc) is 3.14. The molecule has 3 amide bonds. The van der Waals surface area contributed by atoms with Gasteiger partial charge in [-0.25, -0.2) is 0 Å². The number of carbonyl (C=O) groups excluding carboxylic acids is 3. The number of hydrogen-bond donors (Lipinski definition) is 2. The van der Waals surface area contributed by atoms with Crippen LogP contribution in [0, 0.1) is 5.92 Å². The van der Waals surface area contributed by atoms with E-state index in [9.17, 15) is 14.4 Å². The molecule has 1 heterocycles. The van der Waals surface area contributed by atoms with Crippen molar-refractivity contribution < 1.29 is 19.1 Å². The van der Waals surface area contributed by atoms with Crippen molar-refractivity contribution in [1.29, 1.82) is 0 Å². The Morgan fingerprint density at radius 2 is 1.93 bits per heavy atom. The maximum Gasteiger partial charge on any atom is 0.262 e. The summed E-state index contributed by atoms with van der Waals surface area (Å²) in [5.74, 6) is -0.506. The molecule has 0 aromatic heterocycles. The van der Waals surface area contributed by atoms with Gasteiger partial charge < -0.3 is 20.3 Å². The van der Waals surface area contributed by atoms with Crippen molar-refractivity contribution in [2.45, 2.75) is 6.42 Å². The third-order valence-electron chi connectivity index (χ3n) is 4.58. The third-order valence-corrected chi connectivity index (χ3v) is 4.91. The predicted octanol–water partition coefficient (Wildman–Crippen LogP) is 3.01. The highest BCUT2D eigenvalue weighted by atomic mass is 35.5. The summed E-state index contributed by atoms with van der Waals surface area (Å²) in [6, 6.07) is 13.7. The van der Waals surface area contributed by atoms with Gasteiger partial charge in [0.05, 0.1) is 16.6 Å². The lowest BCUT2D eigenvalue weighted by Gasteiger charge is -2.17. The molecule has 0 spiro atoms. The highest BCUT2D eigenvalue weighted by Gasteiger charge is 2.34. The van der Waals surface area contributed by atoms with Crippen molar-refractivity contribution >= 4 is 40.7 Å². The Labute approximate surface area is 179 Å². The summed E-state index contributed by atoms with van der Waals surface area (Å²) in [4.78, 5) is 38.0. The molecule has 3 rings (SSSR count). The van der Waals surface area contributed by atoms with E-state index in [1.165, 1.54) is 0 Å². The monoisotopic (exact) mass is 427 g/mol. The Kier molecular flexibility index (Phi) is 7.08. The Bertz CT molecular complexity index is 946. The zero-order valence-corrected chi connectivity index (χ0v) is 17.0. The second-order valence-electron chi connectivity index (χ2n) is 6.75. The maximum absolute atomic E-state index is 12.3. The third kappa shape index (κ3) is 5.39. The summed E-state index contributed by atoms with van der Waals surface area (Å²) in [6.45, 7) is 4.08. The highest BCUT2D eigenvalue weighted by molar-refractivity contribution is 6.33. The minimum absolute atomic E-state index is 0.110. The zero-order chi connectivity index (χ0) is 21.5. The van der Waals surface area contributed by atoms with Gasteiger partial charge in [-0.15, -0.1) is 6.58 Å². The molecule has 0 aliphatic carbocycles. The van der Waals surface area contributed by atoms with Crippen molar-refractivity contribution in [1.82, 2.24) is 5.32 Å². The van der Waals surface area contributed by atoms with Gasteiger partial charge >= 0.3 is 0 Å². The summed E-state index contributed by atoms with van der Waals surface area (Å²) in [7, 11) is 0. The maximum atomic E-state index is 12.3. The number of anilines is 2. The summed E-state index contributed by atoms with van der Waals surface area (Å²) in [6.07, 6.45) is 1.77. The summed E-state index contributed by atoms with van der Waals surface area (Å²) in [5.41, 5.74) is 1.19. The van der Waals surface area contributed by atoms with Gasteiger partial charge in [-0.2, -0.15) is 0 Å². The fourth-order valence-electron chi connectivity index (χ4n) is 3.07. The zero-order valence-electron chi connectivity index (χ0n) is 16.3. The molecule has 1 saturated heterocycles. The largest absolute Gasteiger partial charge is 0.484 e. The number of carbonyl (C=O) groups is 3. The lowest BCUT2D eigenvalue weighted by molar-refractivity contribution is -0.126. The molecule has 1 aliphatic rings. The van der Waals surface area contributed by atoms with E-state index in [2.05, 4.69) is 17.2 Å². The van der Waals surface area contributed by atoms with Gasteiger partial charge in [0.1, 0.15) is 5.75 Å². The molecule has 0 radical (unpaired) electrons. The molecule has 0 bridgehead atoms. The molecule has 7 nitrogen and oxygen atoms in total. The molecule has 8 heteroatoms. The molecule has 1 aliphatic heterocycles. The fraction of sp³-hybridized carbons (Fsp3) is 0.227. The van der Waals surface area contributed by atoms with Gasteiger partial charge in [0.25, 0.3) is 5.91 Å². The molecule has 2 aromatic rings. The predicted molar refractivity (Wildman–Crippen MR) is 116 cm³/mol. The number of halogens is 1. The topological polar surface area (TPSA) is 87.7 Å². The van der Waals surface area contributed by atoms with Crippen LogP contribution in [0.3, 0.4) is 0 Å². The van der Waals surface area contributed by atoms with E-state index >= 15 is 0 Å². The van der Waals surface area contributed by atoms with Gasteiger partial charge in [0.15, 0.2) is 6.61 Å². The molecule has 156 valence electrons. The Hall–Kier alpha value is -3.32. The lowest BCUT2D eigenvalue weighted by atomic mass is 10.1. The molecule has 0 unspecified atom stereocenters. The van der Waals surface area contributed by atoms with E-state index in [-0.39, 0.29) is 36.7 Å². The van der Waals surface area contributed by atoms with Gasteiger partial charge in [-0.3, -0.25) is 14.4 Å². The van der Waals surface area contributed by atoms with Gasteiger partial charge in [-0.05, 0) is 36.4 Å². The van der Waals surface area contributed by atoms with Crippen LogP contribution in [-0.4, -0.2) is 37.4 Å². The number of para-hydroxylation sites is 1. The molecule has 30 heavy (non-hydrogen) atoms. The molecule has 0 saturated carbocycles. The number of nitrogens with one attached hydrogen (secondary N) is 2. The average molecular weight is 428 g/mol. The molecular weight excluding hydrogens is 406 g/mol. The first-order chi connectivity index (χ1) is 14.5. The van der Waals surface area contributed by atoms with Crippen LogP contribution < -0.4 is 20.3 Å². The molecule has 2 N–H and O–H groups in total. The van der Waals surface area contributed by atoms with Crippen LogP contribution in [0.5, 0.6) is 5.75 Å². The van der Waals surface area contributed by atoms with Gasteiger partial charge in [-0.1, -0.05) is 29.8 Å². The van der Waals surface area contributed by atoms with Crippen molar-refractivity contribution in [2.75, 3.05) is 29.9 Å². The van der Waals surface area contributed by atoms with E-state index in [1.54, 1.807) is 59.5 Å². The Balaban J connectivity index is 1.53. The standard InChI is InChI=1S/C22H22ClN3O4/c1-2-11-24-22(29)15-12-21(28)26(13-15)16-7-9-17(10-8-16)30-14-20(27)25-19-6-4-3-5-18(19)23/h2-10,15H,1,11-14H2,(H,24,29)(H,25,27)/t15-/m0/s1. The van der Waals surface area contributed by atoms with E-state index < -0.39 is 0 Å². The summed E-state index contributed by atoms with van der Waals surface area (Å²) in [5, 5.41) is 5.85. The van der Waals surface area contributed by atoms with Gasteiger partial charge in [0, 0.05) is 25.2 Å². The second-order valence-corrected chi connectivity index (χ2v) is 7.16. The number of ether oxygens (including phenoxy) is 1. The molecule has 2 aromatic carbocycles. The normalized spacial score (nSPS) is 15.6. The minimum atomic E-state index is -0.387. The summed E-state index contributed by atoms with van der Waals surface area (Å²) >= 11 is 6.01. The first-order valence-electron chi connectivity index (χ1n) is 9.44. The number of nitrogens with zero attached hydrogens (tertiary/aromatic N) is 1. The number of rotatable bonds is 8. The van der Waals surface area contributed by atoms with E-state index in [0.29, 0.717) is 35.2 Å². The van der Waals surface area contributed by atoms with Crippen molar-refractivity contribution in [3.05, 3.63) is 66.2 Å². The van der Waals surface area contributed by atoms with E-state index in [0.717, 1.165) is 0 Å². The van der Waals surface area contributed by atoms with Crippen molar-refractivity contribution in [3.8, 4) is 5.75 Å². The van der Waals surface area contributed by atoms with Crippen LogP contribution in [0.1, 0.15) is 6.42 Å². The number of benzene rings is 2. The Morgan fingerprint density at radius 1 is 1.20 bits per heavy atom.